The van der Waals surface area contributed by atoms with Crippen LogP contribution in [0.2, 0.25) is 5.02 Å². The van der Waals surface area contributed by atoms with Crippen molar-refractivity contribution in [2.45, 2.75) is 46.7 Å². The van der Waals surface area contributed by atoms with Gasteiger partial charge in [0.05, 0.1) is 5.52 Å². The Kier molecular flexibility index (Phi) is 4.43. The number of hydrogen-bond acceptors (Lipinski definition) is 2. The van der Waals surface area contributed by atoms with E-state index in [0.29, 0.717) is 6.04 Å². The zero-order valence-corrected chi connectivity index (χ0v) is 12.8. The molecule has 0 bridgehead atoms. The molecule has 0 aliphatic carbocycles. The lowest BCUT2D eigenvalue weighted by Gasteiger charge is -2.14. The van der Waals surface area contributed by atoms with Gasteiger partial charge in [-0.25, -0.2) is 0 Å². The average molecular weight is 277 g/mol. The summed E-state index contributed by atoms with van der Waals surface area (Å²) in [6.45, 7) is 9.35. The Morgan fingerprint density at radius 3 is 2.68 bits per heavy atom. The summed E-state index contributed by atoms with van der Waals surface area (Å²) in [5, 5.41) is 5.47. The molecule has 0 saturated carbocycles. The highest BCUT2D eigenvalue weighted by Gasteiger charge is 2.08. The van der Waals surface area contributed by atoms with Crippen LogP contribution in [0.4, 0.5) is 0 Å². The van der Waals surface area contributed by atoms with Crippen LogP contribution in [0.1, 0.15) is 37.1 Å². The first-order chi connectivity index (χ1) is 9.01. The molecule has 2 rings (SSSR count). The van der Waals surface area contributed by atoms with Crippen LogP contribution < -0.4 is 5.32 Å². The molecule has 0 aliphatic heterocycles. The second-order valence-corrected chi connectivity index (χ2v) is 5.67. The SMILES string of the molecule is CCC(C)NCc1cc(C)nc2c(C)cc(Cl)cc12. The van der Waals surface area contributed by atoms with Gasteiger partial charge in [0, 0.05) is 28.7 Å². The third-order valence-corrected chi connectivity index (χ3v) is 3.75. The fourth-order valence-corrected chi connectivity index (χ4v) is 2.51. The van der Waals surface area contributed by atoms with Gasteiger partial charge in [0.25, 0.3) is 0 Å². The van der Waals surface area contributed by atoms with Gasteiger partial charge in [-0.05, 0) is 56.5 Å². The summed E-state index contributed by atoms with van der Waals surface area (Å²) in [7, 11) is 0. The van der Waals surface area contributed by atoms with E-state index >= 15 is 0 Å². The molecule has 0 saturated heterocycles. The minimum atomic E-state index is 0.517. The lowest BCUT2D eigenvalue weighted by molar-refractivity contribution is 0.535. The van der Waals surface area contributed by atoms with Gasteiger partial charge in [0.15, 0.2) is 0 Å². The molecule has 102 valence electrons. The molecule has 2 aromatic rings. The van der Waals surface area contributed by atoms with E-state index in [1.165, 1.54) is 5.56 Å². The topological polar surface area (TPSA) is 24.9 Å². The highest BCUT2D eigenvalue weighted by atomic mass is 35.5. The van der Waals surface area contributed by atoms with Gasteiger partial charge in [-0.15, -0.1) is 0 Å². The molecule has 1 aromatic heterocycles. The number of aryl methyl sites for hydroxylation is 2. The van der Waals surface area contributed by atoms with Crippen LogP contribution in [0.5, 0.6) is 0 Å². The van der Waals surface area contributed by atoms with Gasteiger partial charge in [0.2, 0.25) is 0 Å². The third kappa shape index (κ3) is 3.26. The van der Waals surface area contributed by atoms with Gasteiger partial charge < -0.3 is 5.32 Å². The molecule has 0 amide bonds. The number of aromatic nitrogens is 1. The number of halogens is 1. The summed E-state index contributed by atoms with van der Waals surface area (Å²) in [6.07, 6.45) is 1.13. The fraction of sp³-hybridized carbons (Fsp3) is 0.438. The molecule has 1 heterocycles. The largest absolute Gasteiger partial charge is 0.310 e. The molecule has 0 fully saturated rings. The Balaban J connectivity index is 2.47. The maximum atomic E-state index is 6.18. The number of fused-ring (bicyclic) bond motifs is 1. The van der Waals surface area contributed by atoms with E-state index in [4.69, 9.17) is 11.6 Å². The van der Waals surface area contributed by atoms with Crippen molar-refractivity contribution in [2.75, 3.05) is 0 Å². The molecule has 2 nitrogen and oxygen atoms in total. The Bertz CT molecular complexity index is 593. The summed E-state index contributed by atoms with van der Waals surface area (Å²) in [5.74, 6) is 0. The zero-order chi connectivity index (χ0) is 14.0. The summed E-state index contributed by atoms with van der Waals surface area (Å²) in [6, 6.07) is 6.66. The monoisotopic (exact) mass is 276 g/mol. The van der Waals surface area contributed by atoms with Crippen LogP contribution in [0.15, 0.2) is 18.2 Å². The average Bonchev–Trinajstić information content (AvgIpc) is 2.36. The first-order valence-electron chi connectivity index (χ1n) is 6.81. The fourth-order valence-electron chi connectivity index (χ4n) is 2.24. The number of rotatable bonds is 4. The Hall–Kier alpha value is -1.12. The van der Waals surface area contributed by atoms with Crippen LogP contribution in [0.3, 0.4) is 0 Å². The van der Waals surface area contributed by atoms with Crippen LogP contribution in [-0.2, 0) is 6.54 Å². The zero-order valence-electron chi connectivity index (χ0n) is 12.0. The molecule has 0 aliphatic rings. The first kappa shape index (κ1) is 14.3. The Morgan fingerprint density at radius 2 is 2.00 bits per heavy atom. The first-order valence-corrected chi connectivity index (χ1v) is 7.18. The molecule has 19 heavy (non-hydrogen) atoms. The molecule has 3 heteroatoms. The molecule has 1 aromatic carbocycles. The van der Waals surface area contributed by atoms with Crippen molar-refractivity contribution in [3.63, 3.8) is 0 Å². The third-order valence-electron chi connectivity index (χ3n) is 3.54. The highest BCUT2D eigenvalue weighted by Crippen LogP contribution is 2.25. The second-order valence-electron chi connectivity index (χ2n) is 5.23. The van der Waals surface area contributed by atoms with E-state index in [1.807, 2.05) is 19.1 Å². The lowest BCUT2D eigenvalue weighted by Crippen LogP contribution is -2.24. The Labute approximate surface area is 120 Å². The van der Waals surface area contributed by atoms with Gasteiger partial charge in [0.1, 0.15) is 0 Å². The smallest absolute Gasteiger partial charge is 0.0738 e. The van der Waals surface area contributed by atoms with Crippen molar-refractivity contribution in [3.05, 3.63) is 40.0 Å². The second kappa shape index (κ2) is 5.89. The summed E-state index contributed by atoms with van der Waals surface area (Å²) in [5.41, 5.74) is 4.52. The van der Waals surface area contributed by atoms with Crippen LogP contribution in [-0.4, -0.2) is 11.0 Å². The number of nitrogens with zero attached hydrogens (tertiary/aromatic N) is 1. The highest BCUT2D eigenvalue weighted by molar-refractivity contribution is 6.31. The molecule has 0 spiro atoms. The van der Waals surface area contributed by atoms with Crippen molar-refractivity contribution in [3.8, 4) is 0 Å². The minimum absolute atomic E-state index is 0.517. The van der Waals surface area contributed by atoms with Crippen molar-refractivity contribution in [2.24, 2.45) is 0 Å². The van der Waals surface area contributed by atoms with Gasteiger partial charge in [-0.2, -0.15) is 0 Å². The van der Waals surface area contributed by atoms with E-state index in [0.717, 1.165) is 40.1 Å². The molecule has 0 radical (unpaired) electrons. The van der Waals surface area contributed by atoms with Gasteiger partial charge >= 0.3 is 0 Å². The summed E-state index contributed by atoms with van der Waals surface area (Å²) < 4.78 is 0. The van der Waals surface area contributed by atoms with Crippen LogP contribution in [0.25, 0.3) is 10.9 Å². The number of nitrogens with one attached hydrogen (secondary N) is 1. The molecule has 1 N–H and O–H groups in total. The van der Waals surface area contributed by atoms with E-state index in [9.17, 15) is 0 Å². The summed E-state index contributed by atoms with van der Waals surface area (Å²) >= 11 is 6.18. The van der Waals surface area contributed by atoms with Crippen molar-refractivity contribution < 1.29 is 0 Å². The number of benzene rings is 1. The lowest BCUT2D eigenvalue weighted by atomic mass is 10.0. The van der Waals surface area contributed by atoms with Crippen molar-refractivity contribution in [1.82, 2.24) is 10.3 Å². The maximum Gasteiger partial charge on any atom is 0.0738 e. The van der Waals surface area contributed by atoms with Crippen molar-refractivity contribution in [1.29, 1.82) is 0 Å². The van der Waals surface area contributed by atoms with E-state index in [2.05, 4.69) is 37.1 Å². The Morgan fingerprint density at radius 1 is 1.26 bits per heavy atom. The number of hydrogen-bond donors (Lipinski definition) is 1. The predicted octanol–water partition coefficient (Wildman–Crippen LogP) is 4.39. The molecular weight excluding hydrogens is 256 g/mol. The minimum Gasteiger partial charge on any atom is -0.310 e. The van der Waals surface area contributed by atoms with E-state index in [1.54, 1.807) is 0 Å². The van der Waals surface area contributed by atoms with Gasteiger partial charge in [-0.3, -0.25) is 4.98 Å². The van der Waals surface area contributed by atoms with E-state index < -0.39 is 0 Å². The molecule has 1 unspecified atom stereocenters. The maximum absolute atomic E-state index is 6.18. The van der Waals surface area contributed by atoms with Crippen molar-refractivity contribution >= 4 is 22.5 Å². The van der Waals surface area contributed by atoms with Crippen LogP contribution >= 0.6 is 11.6 Å². The standard InChI is InChI=1S/C16H21ClN2/c1-5-11(3)18-9-13-7-12(4)19-16-10(2)6-14(17)8-15(13)16/h6-8,11,18H,5,9H2,1-4H3. The molecular formula is C16H21ClN2. The predicted molar refractivity (Wildman–Crippen MR) is 82.8 cm³/mol. The molecule has 1 atom stereocenters. The van der Waals surface area contributed by atoms with E-state index in [-0.39, 0.29) is 0 Å². The quantitative estimate of drug-likeness (QED) is 0.896. The number of pyridine rings is 1. The normalized spacial score (nSPS) is 12.9. The van der Waals surface area contributed by atoms with Crippen LogP contribution in [0, 0.1) is 13.8 Å². The van der Waals surface area contributed by atoms with Gasteiger partial charge in [-0.1, -0.05) is 18.5 Å². The summed E-state index contributed by atoms with van der Waals surface area (Å²) in [4.78, 5) is 4.64.